The van der Waals surface area contributed by atoms with Crippen molar-refractivity contribution in [3.8, 4) is 0 Å². The number of nitrogens with one attached hydrogen (secondary N) is 3. The van der Waals surface area contributed by atoms with Gasteiger partial charge in [-0.1, -0.05) is 74.5 Å². The molecule has 1 fully saturated rings. The molecule has 11 nitrogen and oxygen atoms in total. The lowest BCUT2D eigenvalue weighted by Gasteiger charge is -2.29. The van der Waals surface area contributed by atoms with Crippen molar-refractivity contribution in [2.24, 2.45) is 0 Å². The van der Waals surface area contributed by atoms with Gasteiger partial charge < -0.3 is 30.7 Å². The quantitative estimate of drug-likeness (QED) is 0.0955. The molecular weight excluding hydrogens is 685 g/mol. The molecule has 51 heavy (non-hydrogen) atoms. The van der Waals surface area contributed by atoms with Gasteiger partial charge in [-0.3, -0.25) is 9.78 Å². The molecule has 1 aliphatic rings. The van der Waals surface area contributed by atoms with Gasteiger partial charge in [0.2, 0.25) is 5.91 Å². The Balaban J connectivity index is 1.26. The van der Waals surface area contributed by atoms with Gasteiger partial charge in [-0.15, -0.1) is 22.7 Å². The van der Waals surface area contributed by atoms with E-state index in [0.717, 1.165) is 39.5 Å². The number of alkyl carbamates (subject to hydrolysis) is 1. The van der Waals surface area contributed by atoms with Crippen molar-refractivity contribution in [3.63, 3.8) is 0 Å². The molecule has 1 unspecified atom stereocenters. The molecule has 0 radical (unpaired) electrons. The first-order valence-electron chi connectivity index (χ1n) is 17.5. The lowest BCUT2D eigenvalue weighted by Crippen LogP contribution is -2.57. The average molecular weight is 733 g/mol. The van der Waals surface area contributed by atoms with Crippen molar-refractivity contribution < 1.29 is 24.2 Å². The van der Waals surface area contributed by atoms with Crippen molar-refractivity contribution >= 4 is 40.7 Å². The molecule has 5 rings (SSSR count). The van der Waals surface area contributed by atoms with Crippen LogP contribution in [-0.2, 0) is 35.5 Å². The summed E-state index contributed by atoms with van der Waals surface area (Å²) in [6.07, 6.45) is 3.93. The SMILES string of the molecule is CC(C)c1nc(CN(C(=O)N[C@H](C(=O)N[C@H](CC[C@H](Cc2ccccc2)NC(=O)OCc2cncs2)Cc2ccccc2)C(C)O)C2CC2)cs1. The Morgan fingerprint density at radius 1 is 0.902 bits per heavy atom. The maximum atomic E-state index is 13.9. The van der Waals surface area contributed by atoms with Crippen LogP contribution in [0.1, 0.15) is 79.1 Å². The largest absolute Gasteiger partial charge is 0.444 e. The first kappa shape index (κ1) is 37.9. The van der Waals surface area contributed by atoms with E-state index in [1.54, 1.807) is 27.9 Å². The van der Waals surface area contributed by atoms with Crippen LogP contribution in [0.15, 0.2) is 77.8 Å². The number of nitrogens with zero attached hydrogens (tertiary/aromatic N) is 3. The van der Waals surface area contributed by atoms with Crippen molar-refractivity contribution in [3.05, 3.63) is 104 Å². The fraction of sp³-hybridized carbons (Fsp3) is 0.447. The molecule has 0 aliphatic heterocycles. The summed E-state index contributed by atoms with van der Waals surface area (Å²) in [6.45, 7) is 6.15. The Hall–Kier alpha value is -4.33. The Morgan fingerprint density at radius 3 is 2.06 bits per heavy atom. The van der Waals surface area contributed by atoms with Crippen molar-refractivity contribution in [1.29, 1.82) is 0 Å². The molecule has 2 heterocycles. The standard InChI is InChI=1S/C38H48N6O5S2/c1-25(2)36-41-31(23-50-36)21-44(32-16-17-32)37(47)43-34(26(3)45)35(46)40-29(18-27-10-6-4-7-11-27)14-15-30(19-28-12-8-5-9-13-28)42-38(48)49-22-33-20-39-24-51-33/h4-13,20,23-26,29-30,32,34,45H,14-19,21-22H2,1-3H3,(H,40,46)(H,42,48)(H,43,47)/t26?,29-,30-,34+/m1/s1. The van der Waals surface area contributed by atoms with Crippen LogP contribution < -0.4 is 16.0 Å². The van der Waals surface area contributed by atoms with Crippen LogP contribution >= 0.6 is 22.7 Å². The van der Waals surface area contributed by atoms with E-state index in [2.05, 4.69) is 34.8 Å². The number of aromatic nitrogens is 2. The Morgan fingerprint density at radius 2 is 1.53 bits per heavy atom. The molecule has 4 amide bonds. The van der Waals surface area contributed by atoms with Crippen molar-refractivity contribution in [1.82, 2.24) is 30.8 Å². The zero-order valence-electron chi connectivity index (χ0n) is 29.4. The minimum atomic E-state index is -1.17. The molecule has 4 aromatic rings. The van der Waals surface area contributed by atoms with Gasteiger partial charge in [0.25, 0.3) is 0 Å². The van der Waals surface area contributed by atoms with Crippen molar-refractivity contribution in [2.75, 3.05) is 0 Å². The number of aliphatic hydroxyl groups excluding tert-OH is 1. The Labute approximate surface area is 307 Å². The third-order valence-corrected chi connectivity index (χ3v) is 10.6. The van der Waals surface area contributed by atoms with Crippen LogP contribution in [0, 0.1) is 0 Å². The maximum absolute atomic E-state index is 13.9. The van der Waals surface area contributed by atoms with Gasteiger partial charge in [0.15, 0.2) is 0 Å². The van der Waals surface area contributed by atoms with Crippen LogP contribution in [0.3, 0.4) is 0 Å². The summed E-state index contributed by atoms with van der Waals surface area (Å²) < 4.78 is 5.48. The topological polar surface area (TPSA) is 146 Å². The number of aliphatic hydroxyl groups is 1. The molecule has 13 heteroatoms. The van der Waals surface area contributed by atoms with Crippen molar-refractivity contribution in [2.45, 2.75) is 109 Å². The number of amides is 4. The highest BCUT2D eigenvalue weighted by Gasteiger charge is 2.36. The summed E-state index contributed by atoms with van der Waals surface area (Å²) in [5.74, 6) is -0.172. The van der Waals surface area contributed by atoms with E-state index in [-0.39, 0.29) is 24.7 Å². The summed E-state index contributed by atoms with van der Waals surface area (Å²) in [5, 5.41) is 22.7. The number of carbonyl (C=O) groups is 3. The molecule has 4 atom stereocenters. The summed E-state index contributed by atoms with van der Waals surface area (Å²) >= 11 is 3.00. The fourth-order valence-corrected chi connectivity index (χ4v) is 7.14. The number of carbonyl (C=O) groups excluding carboxylic acids is 3. The number of hydrogen-bond donors (Lipinski definition) is 4. The number of rotatable bonds is 18. The van der Waals surface area contributed by atoms with E-state index in [0.29, 0.717) is 38.1 Å². The monoisotopic (exact) mass is 732 g/mol. The number of urea groups is 1. The van der Waals surface area contributed by atoms with Crippen LogP contribution in [-0.4, -0.2) is 68.3 Å². The summed E-state index contributed by atoms with van der Waals surface area (Å²) in [5.41, 5.74) is 4.60. The molecule has 1 aliphatic carbocycles. The highest BCUT2D eigenvalue weighted by molar-refractivity contribution is 7.09. The normalized spacial score (nSPS) is 15.0. The van der Waals surface area contributed by atoms with Crippen LogP contribution in [0.2, 0.25) is 0 Å². The second-order valence-electron chi connectivity index (χ2n) is 13.4. The number of hydrogen-bond acceptors (Lipinski definition) is 9. The van der Waals surface area contributed by atoms with Crippen LogP contribution in [0.4, 0.5) is 9.59 Å². The summed E-state index contributed by atoms with van der Waals surface area (Å²) in [6, 6.07) is 17.6. The lowest BCUT2D eigenvalue weighted by atomic mass is 9.95. The molecule has 2 aromatic heterocycles. The van der Waals surface area contributed by atoms with E-state index in [9.17, 15) is 19.5 Å². The third kappa shape index (κ3) is 12.1. The molecular formula is C38H48N6O5S2. The maximum Gasteiger partial charge on any atom is 0.407 e. The molecule has 272 valence electrons. The Kier molecular flexibility index (Phi) is 14.0. The lowest BCUT2D eigenvalue weighted by molar-refractivity contribution is -0.126. The summed E-state index contributed by atoms with van der Waals surface area (Å²) in [7, 11) is 0. The average Bonchev–Trinajstić information content (AvgIpc) is 3.59. The molecule has 4 N–H and O–H groups in total. The second kappa shape index (κ2) is 18.8. The third-order valence-electron chi connectivity index (χ3n) is 8.70. The van der Waals surface area contributed by atoms with Gasteiger partial charge in [0.1, 0.15) is 12.6 Å². The van der Waals surface area contributed by atoms with Gasteiger partial charge in [-0.2, -0.15) is 0 Å². The minimum Gasteiger partial charge on any atom is -0.444 e. The van der Waals surface area contributed by atoms with Crippen LogP contribution in [0.5, 0.6) is 0 Å². The van der Waals surface area contributed by atoms with E-state index in [4.69, 9.17) is 9.72 Å². The first-order valence-corrected chi connectivity index (χ1v) is 19.3. The zero-order valence-corrected chi connectivity index (χ0v) is 31.0. The van der Waals surface area contributed by atoms with Gasteiger partial charge >= 0.3 is 12.1 Å². The Bertz CT molecular complexity index is 1660. The van der Waals surface area contributed by atoms with E-state index >= 15 is 0 Å². The van der Waals surface area contributed by atoms with Crippen LogP contribution in [0.25, 0.3) is 0 Å². The zero-order chi connectivity index (χ0) is 36.2. The van der Waals surface area contributed by atoms with Gasteiger partial charge in [-0.05, 0) is 56.6 Å². The predicted octanol–water partition coefficient (Wildman–Crippen LogP) is 6.19. The molecule has 0 bridgehead atoms. The number of ether oxygens (including phenoxy) is 1. The van der Waals surface area contributed by atoms with E-state index < -0.39 is 30.2 Å². The second-order valence-corrected chi connectivity index (χ2v) is 15.3. The number of thiazole rings is 2. The van der Waals surface area contributed by atoms with Gasteiger partial charge in [0, 0.05) is 35.6 Å². The van der Waals surface area contributed by atoms with Gasteiger partial charge in [-0.25, -0.2) is 14.6 Å². The smallest absolute Gasteiger partial charge is 0.407 e. The van der Waals surface area contributed by atoms with E-state index in [1.807, 2.05) is 66.0 Å². The fourth-order valence-electron chi connectivity index (χ4n) is 5.81. The first-order chi connectivity index (χ1) is 24.6. The minimum absolute atomic E-state index is 0.0699. The molecule has 2 aromatic carbocycles. The highest BCUT2D eigenvalue weighted by Crippen LogP contribution is 2.29. The molecule has 0 spiro atoms. The number of benzene rings is 2. The van der Waals surface area contributed by atoms with Gasteiger partial charge in [0.05, 0.1) is 33.7 Å². The van der Waals surface area contributed by atoms with E-state index in [1.165, 1.54) is 18.3 Å². The molecule has 1 saturated carbocycles. The highest BCUT2D eigenvalue weighted by atomic mass is 32.1. The predicted molar refractivity (Wildman–Crippen MR) is 199 cm³/mol. The molecule has 0 saturated heterocycles. The summed E-state index contributed by atoms with van der Waals surface area (Å²) in [4.78, 5) is 51.7.